The van der Waals surface area contributed by atoms with Crippen LogP contribution in [0.1, 0.15) is 40.1 Å². The first-order valence-corrected chi connectivity index (χ1v) is 13.8. The van der Waals surface area contributed by atoms with Gasteiger partial charge in [0.15, 0.2) is 5.82 Å². The Labute approximate surface area is 246 Å². The number of hydrogen-bond donors (Lipinski definition) is 3. The zero-order chi connectivity index (χ0) is 29.5. The van der Waals surface area contributed by atoms with Gasteiger partial charge in [-0.1, -0.05) is 48.2 Å². The van der Waals surface area contributed by atoms with Crippen LogP contribution in [0.15, 0.2) is 96.1 Å². The molecule has 0 bridgehead atoms. The number of aromatic nitrogens is 5. The van der Waals surface area contributed by atoms with E-state index in [0.29, 0.717) is 40.1 Å². The van der Waals surface area contributed by atoms with Crippen LogP contribution < -0.4 is 21.9 Å². The Kier molecular flexibility index (Phi) is 6.25. The molecule has 7 rings (SSSR count). The molecule has 5 heterocycles. The molecule has 210 valence electrons. The minimum absolute atomic E-state index is 0.118. The van der Waals surface area contributed by atoms with Gasteiger partial charge in [0.2, 0.25) is 0 Å². The fraction of sp³-hybridized carbons (Fsp3) is 0.0909. The van der Waals surface area contributed by atoms with Gasteiger partial charge in [-0.3, -0.25) is 14.2 Å². The highest BCUT2D eigenvalue weighted by atomic mass is 16.2. The van der Waals surface area contributed by atoms with Crippen LogP contribution in [0.2, 0.25) is 0 Å². The lowest BCUT2D eigenvalue weighted by molar-refractivity contribution is 0.0940. The van der Waals surface area contributed by atoms with Gasteiger partial charge in [-0.25, -0.2) is 9.20 Å². The zero-order valence-electron chi connectivity index (χ0n) is 23.2. The second kappa shape index (κ2) is 10.4. The van der Waals surface area contributed by atoms with Crippen LogP contribution in [0.3, 0.4) is 0 Å². The molecular weight excluding hydrogens is 540 g/mol. The first-order chi connectivity index (χ1) is 21.0. The van der Waals surface area contributed by atoms with E-state index in [-0.39, 0.29) is 16.9 Å². The van der Waals surface area contributed by atoms with E-state index in [1.807, 2.05) is 92.0 Å². The highest BCUT2D eigenvalue weighted by Crippen LogP contribution is 2.27. The van der Waals surface area contributed by atoms with Crippen molar-refractivity contribution in [3.05, 3.63) is 124 Å². The number of benzene rings is 2. The number of nitrogens with one attached hydrogen (secondary N) is 2. The first kappa shape index (κ1) is 25.9. The standard InChI is InChI=1S/C33H26N8O2/c1-21(37-32(42)29-30(34)38-40-18-8-16-35-31(29)40)27-19-23-10-7-9-22(14-15-24-20-36-39-17-6-5-13-26(24)39)28(23)33(43)41(27)25-11-3-2-4-12-25/h2-13,17-21,35H,16H2,1H3,(H2,34,38)(H,37,42). The number of nitrogens with two attached hydrogens (primary N) is 1. The van der Waals surface area contributed by atoms with Crippen molar-refractivity contribution in [3.8, 4) is 17.5 Å². The molecule has 1 atom stereocenters. The van der Waals surface area contributed by atoms with Gasteiger partial charge in [-0.15, -0.1) is 5.10 Å². The van der Waals surface area contributed by atoms with E-state index in [2.05, 4.69) is 32.7 Å². The van der Waals surface area contributed by atoms with E-state index in [1.165, 1.54) is 0 Å². The molecule has 0 saturated heterocycles. The topological polar surface area (TPSA) is 124 Å². The molecule has 10 heteroatoms. The normalized spacial score (nSPS) is 12.8. The lowest BCUT2D eigenvalue weighted by atomic mass is 10.0. The Hall–Kier alpha value is -6.08. The van der Waals surface area contributed by atoms with E-state index in [4.69, 9.17) is 5.73 Å². The van der Waals surface area contributed by atoms with Gasteiger partial charge in [0.1, 0.15) is 11.4 Å². The molecule has 1 unspecified atom stereocenters. The number of anilines is 2. The van der Waals surface area contributed by atoms with Crippen LogP contribution in [0.25, 0.3) is 28.2 Å². The fourth-order valence-electron chi connectivity index (χ4n) is 5.42. The highest BCUT2D eigenvalue weighted by molar-refractivity contribution is 6.04. The quantitative estimate of drug-likeness (QED) is 0.275. The molecule has 1 amide bonds. The number of nitrogens with zero attached hydrogens (tertiary/aromatic N) is 5. The number of nitrogen functional groups attached to an aromatic ring is 1. The van der Waals surface area contributed by atoms with Crippen molar-refractivity contribution < 1.29 is 4.79 Å². The van der Waals surface area contributed by atoms with Gasteiger partial charge in [0, 0.05) is 35.9 Å². The molecule has 43 heavy (non-hydrogen) atoms. The second-order valence-corrected chi connectivity index (χ2v) is 10.2. The summed E-state index contributed by atoms with van der Waals surface area (Å²) in [6.45, 7) is 2.40. The van der Waals surface area contributed by atoms with Crippen molar-refractivity contribution in [1.82, 2.24) is 29.3 Å². The van der Waals surface area contributed by atoms with E-state index < -0.39 is 11.9 Å². The molecule has 10 nitrogen and oxygen atoms in total. The molecule has 6 aromatic rings. The third-order valence-corrected chi connectivity index (χ3v) is 7.44. The third kappa shape index (κ3) is 4.49. The van der Waals surface area contributed by atoms with Gasteiger partial charge in [0.05, 0.1) is 28.7 Å². The zero-order valence-corrected chi connectivity index (χ0v) is 23.2. The van der Waals surface area contributed by atoms with Crippen molar-refractivity contribution in [2.45, 2.75) is 13.0 Å². The number of carbonyl (C=O) groups excluding carboxylic acids is 1. The third-order valence-electron chi connectivity index (χ3n) is 7.44. The predicted molar refractivity (Wildman–Crippen MR) is 167 cm³/mol. The predicted octanol–water partition coefficient (Wildman–Crippen LogP) is 4.20. The van der Waals surface area contributed by atoms with Crippen molar-refractivity contribution in [3.63, 3.8) is 0 Å². The summed E-state index contributed by atoms with van der Waals surface area (Å²) < 4.78 is 4.94. The molecule has 2 aromatic carbocycles. The molecule has 0 radical (unpaired) electrons. The Balaban J connectivity index is 1.34. The number of fused-ring (bicyclic) bond motifs is 3. The van der Waals surface area contributed by atoms with Crippen LogP contribution in [0.5, 0.6) is 0 Å². The summed E-state index contributed by atoms with van der Waals surface area (Å²) in [5.74, 6) is 6.67. The van der Waals surface area contributed by atoms with E-state index in [0.717, 1.165) is 11.1 Å². The number of carbonyl (C=O) groups is 1. The largest absolute Gasteiger partial charge is 0.381 e. The Morgan fingerprint density at radius 1 is 1.05 bits per heavy atom. The molecule has 0 aliphatic carbocycles. The van der Waals surface area contributed by atoms with Gasteiger partial charge in [0.25, 0.3) is 11.5 Å². The number of amides is 1. The maximum absolute atomic E-state index is 14.3. The van der Waals surface area contributed by atoms with Crippen LogP contribution in [-0.4, -0.2) is 36.4 Å². The van der Waals surface area contributed by atoms with Gasteiger partial charge >= 0.3 is 0 Å². The summed E-state index contributed by atoms with van der Waals surface area (Å²) in [5, 5.41) is 16.0. The Bertz CT molecular complexity index is 2200. The highest BCUT2D eigenvalue weighted by Gasteiger charge is 2.26. The van der Waals surface area contributed by atoms with Crippen LogP contribution >= 0.6 is 0 Å². The summed E-state index contributed by atoms with van der Waals surface area (Å²) in [6.07, 6.45) is 7.22. The van der Waals surface area contributed by atoms with Crippen LogP contribution in [-0.2, 0) is 0 Å². The summed E-state index contributed by atoms with van der Waals surface area (Å²) in [6, 6.07) is 22.1. The van der Waals surface area contributed by atoms with E-state index >= 15 is 0 Å². The molecule has 1 aliphatic heterocycles. The number of rotatable bonds is 4. The van der Waals surface area contributed by atoms with Crippen molar-refractivity contribution in [2.75, 3.05) is 17.6 Å². The number of pyridine rings is 2. The SMILES string of the molecule is CC(NC(=O)c1c(N)nn2c1NCC=C2)c1cc2cccc(C#Cc3cnn4ccccc34)c2c(=O)n1-c1ccccc1. The molecule has 4 N–H and O–H groups in total. The van der Waals surface area contributed by atoms with E-state index in [1.54, 1.807) is 26.2 Å². The van der Waals surface area contributed by atoms with Crippen LogP contribution in [0.4, 0.5) is 11.6 Å². The smallest absolute Gasteiger partial charge is 0.264 e. The van der Waals surface area contributed by atoms with Crippen molar-refractivity contribution in [1.29, 1.82) is 0 Å². The maximum Gasteiger partial charge on any atom is 0.264 e. The molecule has 0 saturated carbocycles. The van der Waals surface area contributed by atoms with Crippen LogP contribution in [0, 0.1) is 11.8 Å². The Morgan fingerprint density at radius 3 is 2.72 bits per heavy atom. The second-order valence-electron chi connectivity index (χ2n) is 10.2. The van der Waals surface area contributed by atoms with E-state index in [9.17, 15) is 9.59 Å². The maximum atomic E-state index is 14.3. The van der Waals surface area contributed by atoms with Gasteiger partial charge < -0.3 is 16.4 Å². The minimum Gasteiger partial charge on any atom is -0.381 e. The molecule has 0 spiro atoms. The fourth-order valence-corrected chi connectivity index (χ4v) is 5.42. The number of para-hydroxylation sites is 1. The van der Waals surface area contributed by atoms with Crippen molar-refractivity contribution in [2.24, 2.45) is 0 Å². The summed E-state index contributed by atoms with van der Waals surface area (Å²) in [7, 11) is 0. The van der Waals surface area contributed by atoms with Gasteiger partial charge in [-0.2, -0.15) is 5.10 Å². The van der Waals surface area contributed by atoms with Crippen molar-refractivity contribution >= 4 is 40.0 Å². The summed E-state index contributed by atoms with van der Waals surface area (Å²) in [4.78, 5) is 27.8. The average molecular weight is 567 g/mol. The minimum atomic E-state index is -0.563. The first-order valence-electron chi connectivity index (χ1n) is 13.8. The Morgan fingerprint density at radius 2 is 1.86 bits per heavy atom. The number of hydrogen-bond acceptors (Lipinski definition) is 6. The monoisotopic (exact) mass is 566 g/mol. The molecule has 4 aromatic heterocycles. The average Bonchev–Trinajstić information content (AvgIpc) is 3.60. The van der Waals surface area contributed by atoms with Gasteiger partial charge in [-0.05, 0) is 54.8 Å². The molecule has 1 aliphatic rings. The summed E-state index contributed by atoms with van der Waals surface area (Å²) >= 11 is 0. The lowest BCUT2D eigenvalue weighted by Crippen LogP contribution is -2.33. The summed E-state index contributed by atoms with van der Waals surface area (Å²) in [5.41, 5.74) is 9.68. The molecular formula is C33H26N8O2. The lowest BCUT2D eigenvalue weighted by Gasteiger charge is -2.21. The molecule has 0 fully saturated rings.